The first-order valence-corrected chi connectivity index (χ1v) is 7.12. The Kier molecular flexibility index (Phi) is 5.83. The zero-order valence-electron chi connectivity index (χ0n) is 11.6. The summed E-state index contributed by atoms with van der Waals surface area (Å²) in [6, 6.07) is 7.31. The van der Waals surface area contributed by atoms with Crippen LogP contribution < -0.4 is 15.8 Å². The van der Waals surface area contributed by atoms with E-state index in [0.29, 0.717) is 19.6 Å². The van der Waals surface area contributed by atoms with E-state index < -0.39 is 0 Å². The molecule has 1 amide bonds. The summed E-state index contributed by atoms with van der Waals surface area (Å²) < 4.78 is 10.9. The quantitative estimate of drug-likeness (QED) is 0.799. The Morgan fingerprint density at radius 1 is 1.40 bits per heavy atom. The summed E-state index contributed by atoms with van der Waals surface area (Å²) in [4.78, 5) is 11.8. The fourth-order valence-corrected chi connectivity index (χ4v) is 2.20. The van der Waals surface area contributed by atoms with E-state index in [2.05, 4.69) is 5.32 Å². The summed E-state index contributed by atoms with van der Waals surface area (Å²) >= 11 is 0. The molecule has 0 bridgehead atoms. The largest absolute Gasteiger partial charge is 0.492 e. The summed E-state index contributed by atoms with van der Waals surface area (Å²) in [5, 5.41) is 2.87. The van der Waals surface area contributed by atoms with Crippen LogP contribution in [0.15, 0.2) is 24.3 Å². The molecule has 1 aliphatic heterocycles. The highest BCUT2D eigenvalue weighted by Crippen LogP contribution is 2.18. The summed E-state index contributed by atoms with van der Waals surface area (Å²) in [6.07, 6.45) is 3.73. The molecule has 0 aromatic heterocycles. The lowest BCUT2D eigenvalue weighted by Crippen LogP contribution is -2.15. The number of amides is 1. The van der Waals surface area contributed by atoms with Gasteiger partial charge in [-0.1, -0.05) is 0 Å². The average Bonchev–Trinajstić information content (AvgIpc) is 2.98. The molecule has 20 heavy (non-hydrogen) atoms. The molecule has 1 aromatic carbocycles. The van der Waals surface area contributed by atoms with Crippen LogP contribution in [-0.2, 0) is 9.53 Å². The molecule has 1 aliphatic rings. The molecular formula is C15H22N2O3. The van der Waals surface area contributed by atoms with Gasteiger partial charge in [0.05, 0.1) is 6.10 Å². The standard InChI is InChI=1S/C15H22N2O3/c16-9-11-20-14-5-3-12(4-6-14)17-15(18)8-7-13-2-1-10-19-13/h3-6,13H,1-2,7-11,16H2,(H,17,18). The van der Waals surface area contributed by atoms with Crippen LogP contribution in [-0.4, -0.2) is 31.8 Å². The van der Waals surface area contributed by atoms with Gasteiger partial charge in [0.25, 0.3) is 0 Å². The zero-order chi connectivity index (χ0) is 14.2. The van der Waals surface area contributed by atoms with Crippen LogP contribution in [0.3, 0.4) is 0 Å². The number of hydrogen-bond donors (Lipinski definition) is 2. The van der Waals surface area contributed by atoms with Crippen molar-refractivity contribution in [3.8, 4) is 5.75 Å². The number of hydrogen-bond acceptors (Lipinski definition) is 4. The van der Waals surface area contributed by atoms with E-state index >= 15 is 0 Å². The second-order valence-electron chi connectivity index (χ2n) is 4.88. The smallest absolute Gasteiger partial charge is 0.224 e. The molecule has 1 unspecified atom stereocenters. The van der Waals surface area contributed by atoms with Gasteiger partial charge in [0, 0.05) is 25.3 Å². The molecule has 1 atom stereocenters. The van der Waals surface area contributed by atoms with Crippen molar-refractivity contribution >= 4 is 11.6 Å². The molecule has 1 fully saturated rings. The third kappa shape index (κ3) is 4.83. The van der Waals surface area contributed by atoms with Crippen LogP contribution in [0, 0.1) is 0 Å². The third-order valence-corrected chi connectivity index (χ3v) is 3.24. The predicted molar refractivity (Wildman–Crippen MR) is 77.8 cm³/mol. The number of carbonyl (C=O) groups is 1. The monoisotopic (exact) mass is 278 g/mol. The van der Waals surface area contributed by atoms with Gasteiger partial charge in [-0.25, -0.2) is 0 Å². The van der Waals surface area contributed by atoms with Crippen LogP contribution in [0.2, 0.25) is 0 Å². The van der Waals surface area contributed by atoms with Crippen molar-refractivity contribution < 1.29 is 14.3 Å². The van der Waals surface area contributed by atoms with Crippen LogP contribution in [0.5, 0.6) is 5.75 Å². The van der Waals surface area contributed by atoms with Gasteiger partial charge in [-0.2, -0.15) is 0 Å². The lowest BCUT2D eigenvalue weighted by Gasteiger charge is -2.10. The number of rotatable bonds is 7. The maximum Gasteiger partial charge on any atom is 0.224 e. The van der Waals surface area contributed by atoms with Crippen molar-refractivity contribution in [3.63, 3.8) is 0 Å². The molecule has 0 radical (unpaired) electrons. The van der Waals surface area contributed by atoms with Crippen molar-refractivity contribution in [3.05, 3.63) is 24.3 Å². The molecular weight excluding hydrogens is 256 g/mol. The topological polar surface area (TPSA) is 73.6 Å². The number of nitrogens with two attached hydrogens (primary N) is 1. The predicted octanol–water partition coefficient (Wildman–Crippen LogP) is 1.92. The van der Waals surface area contributed by atoms with Gasteiger partial charge in [-0.15, -0.1) is 0 Å². The number of nitrogens with one attached hydrogen (secondary N) is 1. The maximum absolute atomic E-state index is 11.8. The molecule has 110 valence electrons. The van der Waals surface area contributed by atoms with Crippen molar-refractivity contribution in [2.45, 2.75) is 31.8 Å². The SMILES string of the molecule is NCCOc1ccc(NC(=O)CCC2CCCO2)cc1. The van der Waals surface area contributed by atoms with Crippen LogP contribution >= 0.6 is 0 Å². The fourth-order valence-electron chi connectivity index (χ4n) is 2.20. The highest BCUT2D eigenvalue weighted by molar-refractivity contribution is 5.90. The molecule has 0 spiro atoms. The molecule has 5 heteroatoms. The van der Waals surface area contributed by atoms with Gasteiger partial charge >= 0.3 is 0 Å². The minimum Gasteiger partial charge on any atom is -0.492 e. The fraction of sp³-hybridized carbons (Fsp3) is 0.533. The van der Waals surface area contributed by atoms with Crippen molar-refractivity contribution in [2.24, 2.45) is 5.73 Å². The Morgan fingerprint density at radius 2 is 2.20 bits per heavy atom. The molecule has 5 nitrogen and oxygen atoms in total. The van der Waals surface area contributed by atoms with Gasteiger partial charge in [0.1, 0.15) is 12.4 Å². The molecule has 1 saturated heterocycles. The second kappa shape index (κ2) is 7.87. The minimum absolute atomic E-state index is 0.0242. The van der Waals surface area contributed by atoms with Crippen molar-refractivity contribution in [1.29, 1.82) is 0 Å². The van der Waals surface area contributed by atoms with E-state index in [1.165, 1.54) is 0 Å². The van der Waals surface area contributed by atoms with Gasteiger partial charge < -0.3 is 20.5 Å². The summed E-state index contributed by atoms with van der Waals surface area (Å²) in [6.45, 7) is 1.81. The Labute approximate surface area is 119 Å². The first-order chi connectivity index (χ1) is 9.78. The molecule has 1 aromatic rings. The van der Waals surface area contributed by atoms with E-state index in [-0.39, 0.29) is 12.0 Å². The van der Waals surface area contributed by atoms with Gasteiger partial charge in [-0.3, -0.25) is 4.79 Å². The Morgan fingerprint density at radius 3 is 2.85 bits per heavy atom. The molecule has 3 N–H and O–H groups in total. The van der Waals surface area contributed by atoms with Crippen LogP contribution in [0.4, 0.5) is 5.69 Å². The average molecular weight is 278 g/mol. The van der Waals surface area contributed by atoms with Crippen LogP contribution in [0.1, 0.15) is 25.7 Å². The molecule has 2 rings (SSSR count). The van der Waals surface area contributed by atoms with Gasteiger partial charge in [-0.05, 0) is 43.5 Å². The summed E-state index contributed by atoms with van der Waals surface area (Å²) in [5.74, 6) is 0.781. The van der Waals surface area contributed by atoms with Gasteiger partial charge in [0.2, 0.25) is 5.91 Å². The van der Waals surface area contributed by atoms with E-state index in [1.807, 2.05) is 24.3 Å². The maximum atomic E-state index is 11.8. The number of benzene rings is 1. The zero-order valence-corrected chi connectivity index (χ0v) is 11.6. The number of anilines is 1. The Balaban J connectivity index is 1.72. The van der Waals surface area contributed by atoms with E-state index in [1.54, 1.807) is 0 Å². The Hall–Kier alpha value is -1.59. The van der Waals surface area contributed by atoms with Crippen molar-refractivity contribution in [2.75, 3.05) is 25.1 Å². The van der Waals surface area contributed by atoms with Gasteiger partial charge in [0.15, 0.2) is 0 Å². The van der Waals surface area contributed by atoms with Crippen LogP contribution in [0.25, 0.3) is 0 Å². The van der Waals surface area contributed by atoms with E-state index in [9.17, 15) is 4.79 Å². The lowest BCUT2D eigenvalue weighted by molar-refractivity contribution is -0.116. The molecule has 0 saturated carbocycles. The first kappa shape index (κ1) is 14.8. The third-order valence-electron chi connectivity index (χ3n) is 3.24. The second-order valence-corrected chi connectivity index (χ2v) is 4.88. The normalized spacial score (nSPS) is 17.9. The summed E-state index contributed by atoms with van der Waals surface area (Å²) in [7, 11) is 0. The summed E-state index contributed by atoms with van der Waals surface area (Å²) in [5.41, 5.74) is 6.14. The molecule has 1 heterocycles. The minimum atomic E-state index is 0.0242. The highest BCUT2D eigenvalue weighted by Gasteiger charge is 2.16. The van der Waals surface area contributed by atoms with E-state index in [4.69, 9.17) is 15.2 Å². The highest BCUT2D eigenvalue weighted by atomic mass is 16.5. The Bertz CT molecular complexity index is 414. The lowest BCUT2D eigenvalue weighted by atomic mass is 10.1. The first-order valence-electron chi connectivity index (χ1n) is 7.12. The van der Waals surface area contributed by atoms with E-state index in [0.717, 1.165) is 37.3 Å². The number of ether oxygens (including phenoxy) is 2. The van der Waals surface area contributed by atoms with Crippen molar-refractivity contribution in [1.82, 2.24) is 0 Å². The number of carbonyl (C=O) groups excluding carboxylic acids is 1. The molecule has 0 aliphatic carbocycles.